The van der Waals surface area contributed by atoms with Crippen LogP contribution in [-0.2, 0) is 6.42 Å². The van der Waals surface area contributed by atoms with Gasteiger partial charge in [-0.25, -0.2) is 9.97 Å². The first-order chi connectivity index (χ1) is 5.47. The van der Waals surface area contributed by atoms with Crippen molar-refractivity contribution in [2.24, 2.45) is 5.73 Å². The second kappa shape index (κ2) is 3.06. The van der Waals surface area contributed by atoms with Crippen LogP contribution in [0.4, 0.5) is 5.82 Å². The fraction of sp³-hybridized carbons (Fsp3) is 0.500. The van der Waals surface area contributed by atoms with Gasteiger partial charge in [-0.05, 0) is 13.8 Å². The molecule has 0 aliphatic carbocycles. The van der Waals surface area contributed by atoms with Gasteiger partial charge in [0.1, 0.15) is 12.1 Å². The van der Waals surface area contributed by atoms with Gasteiger partial charge in [0.05, 0.1) is 0 Å². The van der Waals surface area contributed by atoms with Crippen LogP contribution in [0.1, 0.15) is 19.5 Å². The van der Waals surface area contributed by atoms with Gasteiger partial charge in [-0.15, -0.1) is 0 Å². The second-order valence-corrected chi connectivity index (χ2v) is 3.60. The summed E-state index contributed by atoms with van der Waals surface area (Å²) in [6.07, 6.45) is 2.16. The number of nitrogens with two attached hydrogens (primary N) is 2. The highest BCUT2D eigenvalue weighted by molar-refractivity contribution is 5.28. The van der Waals surface area contributed by atoms with E-state index in [0.29, 0.717) is 12.2 Å². The number of rotatable bonds is 2. The molecule has 1 aromatic rings. The summed E-state index contributed by atoms with van der Waals surface area (Å²) in [5, 5.41) is 0. The van der Waals surface area contributed by atoms with Crippen LogP contribution in [0.5, 0.6) is 0 Å². The van der Waals surface area contributed by atoms with Gasteiger partial charge in [0.25, 0.3) is 0 Å². The molecule has 0 atom stereocenters. The van der Waals surface area contributed by atoms with Gasteiger partial charge in [-0.3, -0.25) is 0 Å². The zero-order valence-corrected chi connectivity index (χ0v) is 7.41. The van der Waals surface area contributed by atoms with E-state index in [4.69, 9.17) is 11.5 Å². The molecule has 4 N–H and O–H groups in total. The minimum absolute atomic E-state index is 0.249. The quantitative estimate of drug-likeness (QED) is 0.664. The lowest BCUT2D eigenvalue weighted by molar-refractivity contribution is 0.510. The molecule has 0 spiro atoms. The molecule has 0 aliphatic heterocycles. The Morgan fingerprint density at radius 1 is 1.42 bits per heavy atom. The van der Waals surface area contributed by atoms with E-state index in [2.05, 4.69) is 9.97 Å². The molecule has 0 saturated heterocycles. The molecule has 0 saturated carbocycles. The highest BCUT2D eigenvalue weighted by atomic mass is 14.9. The van der Waals surface area contributed by atoms with Crippen molar-refractivity contribution in [3.05, 3.63) is 18.1 Å². The molecule has 1 aromatic heterocycles. The third-order valence-corrected chi connectivity index (χ3v) is 1.38. The Balaban J connectivity index is 2.77. The van der Waals surface area contributed by atoms with Crippen LogP contribution in [0.25, 0.3) is 0 Å². The lowest BCUT2D eigenvalue weighted by Crippen LogP contribution is -2.34. The molecule has 4 nitrogen and oxygen atoms in total. The number of anilines is 1. The van der Waals surface area contributed by atoms with Crippen molar-refractivity contribution < 1.29 is 0 Å². The lowest BCUT2D eigenvalue weighted by Gasteiger charge is -2.17. The monoisotopic (exact) mass is 166 g/mol. The molecule has 0 unspecified atom stereocenters. The maximum atomic E-state index is 5.82. The standard InChI is InChI=1S/C8H14N4/c1-8(2,10)4-6-3-7(9)12-5-11-6/h3,5H,4,10H2,1-2H3,(H2,9,11,12). The van der Waals surface area contributed by atoms with Crippen molar-refractivity contribution in [3.63, 3.8) is 0 Å². The average molecular weight is 166 g/mol. The number of aromatic nitrogens is 2. The number of hydrogen-bond acceptors (Lipinski definition) is 4. The Hall–Kier alpha value is -1.16. The SMILES string of the molecule is CC(C)(N)Cc1cc(N)ncn1. The van der Waals surface area contributed by atoms with E-state index in [-0.39, 0.29) is 5.54 Å². The fourth-order valence-electron chi connectivity index (χ4n) is 0.978. The van der Waals surface area contributed by atoms with Crippen molar-refractivity contribution in [1.82, 2.24) is 9.97 Å². The summed E-state index contributed by atoms with van der Waals surface area (Å²) in [7, 11) is 0. The van der Waals surface area contributed by atoms with Crippen molar-refractivity contribution in [3.8, 4) is 0 Å². The summed E-state index contributed by atoms with van der Waals surface area (Å²) in [4.78, 5) is 7.85. The van der Waals surface area contributed by atoms with Gasteiger partial charge in [0.2, 0.25) is 0 Å². The van der Waals surface area contributed by atoms with Gasteiger partial charge in [0, 0.05) is 23.7 Å². The summed E-state index contributed by atoms with van der Waals surface area (Å²) in [5.74, 6) is 0.490. The van der Waals surface area contributed by atoms with Crippen molar-refractivity contribution in [1.29, 1.82) is 0 Å². The van der Waals surface area contributed by atoms with Crippen LogP contribution in [0.15, 0.2) is 12.4 Å². The number of nitrogens with zero attached hydrogens (tertiary/aromatic N) is 2. The molecule has 0 aliphatic rings. The van der Waals surface area contributed by atoms with Crippen molar-refractivity contribution in [2.75, 3.05) is 5.73 Å². The van der Waals surface area contributed by atoms with Gasteiger partial charge in [-0.1, -0.05) is 0 Å². The van der Waals surface area contributed by atoms with Gasteiger partial charge >= 0.3 is 0 Å². The van der Waals surface area contributed by atoms with E-state index in [1.165, 1.54) is 6.33 Å². The second-order valence-electron chi connectivity index (χ2n) is 3.60. The fourth-order valence-corrected chi connectivity index (χ4v) is 0.978. The van der Waals surface area contributed by atoms with E-state index in [9.17, 15) is 0 Å². The van der Waals surface area contributed by atoms with Crippen LogP contribution in [0, 0.1) is 0 Å². The molecule has 66 valence electrons. The molecule has 1 heterocycles. The Morgan fingerprint density at radius 2 is 2.08 bits per heavy atom. The zero-order chi connectivity index (χ0) is 9.19. The van der Waals surface area contributed by atoms with Crippen molar-refractivity contribution in [2.45, 2.75) is 25.8 Å². The first-order valence-electron chi connectivity index (χ1n) is 3.83. The summed E-state index contributed by atoms with van der Waals surface area (Å²) in [6, 6.07) is 1.74. The lowest BCUT2D eigenvalue weighted by atomic mass is 10.00. The third-order valence-electron chi connectivity index (χ3n) is 1.38. The van der Waals surface area contributed by atoms with Crippen LogP contribution >= 0.6 is 0 Å². The number of hydrogen-bond donors (Lipinski definition) is 2. The molecule has 4 heteroatoms. The number of nitrogen functional groups attached to an aromatic ring is 1. The summed E-state index contributed by atoms with van der Waals surface area (Å²) < 4.78 is 0. The van der Waals surface area contributed by atoms with Gasteiger partial charge in [0.15, 0.2) is 0 Å². The molecular formula is C8H14N4. The Bertz CT molecular complexity index is 264. The molecule has 0 fully saturated rings. The summed E-state index contributed by atoms with van der Waals surface area (Å²) in [5.41, 5.74) is 11.9. The van der Waals surface area contributed by atoms with Gasteiger partial charge < -0.3 is 11.5 Å². The van der Waals surface area contributed by atoms with Crippen LogP contribution in [0.3, 0.4) is 0 Å². The first-order valence-corrected chi connectivity index (χ1v) is 3.83. The highest BCUT2D eigenvalue weighted by Crippen LogP contribution is 2.08. The Kier molecular flexibility index (Phi) is 2.28. The zero-order valence-electron chi connectivity index (χ0n) is 7.41. The summed E-state index contributed by atoms with van der Waals surface area (Å²) in [6.45, 7) is 3.90. The van der Waals surface area contributed by atoms with Crippen LogP contribution < -0.4 is 11.5 Å². The molecule has 0 radical (unpaired) electrons. The molecular weight excluding hydrogens is 152 g/mol. The summed E-state index contributed by atoms with van der Waals surface area (Å²) >= 11 is 0. The van der Waals surface area contributed by atoms with E-state index in [1.54, 1.807) is 6.07 Å². The molecule has 0 bridgehead atoms. The Morgan fingerprint density at radius 3 is 2.58 bits per heavy atom. The normalized spacial score (nSPS) is 11.6. The van der Waals surface area contributed by atoms with E-state index in [0.717, 1.165) is 5.69 Å². The van der Waals surface area contributed by atoms with Crippen molar-refractivity contribution >= 4 is 5.82 Å². The molecule has 0 aromatic carbocycles. The van der Waals surface area contributed by atoms with E-state index >= 15 is 0 Å². The Labute approximate surface area is 72.0 Å². The smallest absolute Gasteiger partial charge is 0.126 e. The molecule has 1 rings (SSSR count). The molecule has 12 heavy (non-hydrogen) atoms. The predicted octanol–water partition coefficient (Wildman–Crippen LogP) is 0.339. The maximum Gasteiger partial charge on any atom is 0.126 e. The predicted molar refractivity (Wildman–Crippen MR) is 48.4 cm³/mol. The molecule has 0 amide bonds. The van der Waals surface area contributed by atoms with E-state index in [1.807, 2.05) is 13.8 Å². The third kappa shape index (κ3) is 2.84. The topological polar surface area (TPSA) is 77.8 Å². The minimum Gasteiger partial charge on any atom is -0.384 e. The largest absolute Gasteiger partial charge is 0.384 e. The highest BCUT2D eigenvalue weighted by Gasteiger charge is 2.12. The maximum absolute atomic E-state index is 5.82. The van der Waals surface area contributed by atoms with Crippen LogP contribution in [-0.4, -0.2) is 15.5 Å². The van der Waals surface area contributed by atoms with Gasteiger partial charge in [-0.2, -0.15) is 0 Å². The van der Waals surface area contributed by atoms with Crippen LogP contribution in [0.2, 0.25) is 0 Å². The average Bonchev–Trinajstić information content (AvgIpc) is 1.82. The minimum atomic E-state index is -0.249. The van der Waals surface area contributed by atoms with E-state index < -0.39 is 0 Å². The first kappa shape index (κ1) is 8.93.